The van der Waals surface area contributed by atoms with Crippen LogP contribution in [-0.2, 0) is 18.4 Å². The van der Waals surface area contributed by atoms with Crippen molar-refractivity contribution >= 4 is 13.7 Å². The smallest absolute Gasteiger partial charge is 0.268 e. The molecule has 0 aromatic heterocycles. The third kappa shape index (κ3) is 38.7. The molecular formula is C45H85N2O6P. The molecule has 0 saturated carbocycles. The van der Waals surface area contributed by atoms with Crippen molar-refractivity contribution < 1.29 is 32.9 Å². The van der Waals surface area contributed by atoms with Gasteiger partial charge in [0.25, 0.3) is 7.82 Å². The van der Waals surface area contributed by atoms with E-state index < -0.39 is 26.6 Å². The van der Waals surface area contributed by atoms with Gasteiger partial charge in [0.15, 0.2) is 0 Å². The van der Waals surface area contributed by atoms with Crippen LogP contribution in [0.1, 0.15) is 181 Å². The van der Waals surface area contributed by atoms with Crippen molar-refractivity contribution in [3.05, 3.63) is 48.6 Å². The fourth-order valence-corrected chi connectivity index (χ4v) is 6.66. The number of quaternary nitrogens is 1. The minimum atomic E-state index is -4.60. The number of allylic oxidation sites excluding steroid dienone is 7. The second-order valence-corrected chi connectivity index (χ2v) is 17.4. The van der Waals surface area contributed by atoms with Gasteiger partial charge in [0.2, 0.25) is 5.91 Å². The first kappa shape index (κ1) is 52.5. The number of phosphoric ester groups is 1. The zero-order valence-electron chi connectivity index (χ0n) is 35.7. The van der Waals surface area contributed by atoms with E-state index in [4.69, 9.17) is 9.05 Å². The van der Waals surface area contributed by atoms with Crippen LogP contribution < -0.4 is 10.2 Å². The van der Waals surface area contributed by atoms with Gasteiger partial charge in [-0.25, -0.2) is 0 Å². The number of hydrogen-bond acceptors (Lipinski definition) is 6. The number of hydrogen-bond donors (Lipinski definition) is 2. The van der Waals surface area contributed by atoms with E-state index in [1.54, 1.807) is 6.08 Å². The van der Waals surface area contributed by atoms with Gasteiger partial charge in [-0.1, -0.05) is 152 Å². The molecule has 0 saturated heterocycles. The third-order valence-corrected chi connectivity index (χ3v) is 10.5. The molecule has 54 heavy (non-hydrogen) atoms. The van der Waals surface area contributed by atoms with Gasteiger partial charge in [-0.3, -0.25) is 9.36 Å². The molecule has 0 bridgehead atoms. The van der Waals surface area contributed by atoms with Gasteiger partial charge in [-0.2, -0.15) is 0 Å². The van der Waals surface area contributed by atoms with E-state index in [1.165, 1.54) is 109 Å². The summed E-state index contributed by atoms with van der Waals surface area (Å²) < 4.78 is 23.1. The normalized spacial score (nSPS) is 14.9. The number of carbonyl (C=O) groups is 1. The molecule has 0 spiro atoms. The molecule has 316 valence electrons. The lowest BCUT2D eigenvalue weighted by atomic mass is 10.1. The molecule has 0 aliphatic heterocycles. The number of amides is 1. The first-order valence-electron chi connectivity index (χ1n) is 22.0. The van der Waals surface area contributed by atoms with Gasteiger partial charge < -0.3 is 28.8 Å². The van der Waals surface area contributed by atoms with E-state index in [-0.39, 0.29) is 12.5 Å². The summed E-state index contributed by atoms with van der Waals surface area (Å²) in [5.74, 6) is -0.219. The van der Waals surface area contributed by atoms with Crippen molar-refractivity contribution in [2.45, 2.75) is 193 Å². The number of nitrogens with one attached hydrogen (secondary N) is 1. The minimum absolute atomic E-state index is 0.0109. The molecule has 0 aliphatic carbocycles. The third-order valence-electron chi connectivity index (χ3n) is 9.49. The highest BCUT2D eigenvalue weighted by Crippen LogP contribution is 2.38. The van der Waals surface area contributed by atoms with Crippen LogP contribution in [0.4, 0.5) is 0 Å². The molecule has 2 N–H and O–H groups in total. The molecule has 0 heterocycles. The first-order chi connectivity index (χ1) is 26.0. The summed E-state index contributed by atoms with van der Waals surface area (Å²) in [7, 11) is 1.23. The summed E-state index contributed by atoms with van der Waals surface area (Å²) in [6.45, 7) is 4.57. The number of carbonyl (C=O) groups excluding carboxylic acids is 1. The predicted molar refractivity (Wildman–Crippen MR) is 228 cm³/mol. The molecule has 0 radical (unpaired) electrons. The Labute approximate surface area is 333 Å². The maximum Gasteiger partial charge on any atom is 0.268 e. The monoisotopic (exact) mass is 781 g/mol. The van der Waals surface area contributed by atoms with Crippen molar-refractivity contribution in [2.24, 2.45) is 0 Å². The number of likely N-dealkylation sites (N-methyl/N-ethyl adjacent to an activating group) is 1. The molecule has 8 nitrogen and oxygen atoms in total. The van der Waals surface area contributed by atoms with Crippen molar-refractivity contribution in [3.8, 4) is 0 Å². The lowest BCUT2D eigenvalue weighted by Gasteiger charge is -2.29. The Balaban J connectivity index is 4.49. The maximum absolute atomic E-state index is 12.8. The highest BCUT2D eigenvalue weighted by Gasteiger charge is 2.23. The average molecular weight is 781 g/mol. The highest BCUT2D eigenvalue weighted by molar-refractivity contribution is 7.45. The van der Waals surface area contributed by atoms with E-state index in [0.717, 1.165) is 51.4 Å². The summed E-state index contributed by atoms with van der Waals surface area (Å²) in [5, 5.41) is 13.7. The number of phosphoric acid groups is 1. The lowest BCUT2D eigenvalue weighted by molar-refractivity contribution is -0.870. The van der Waals surface area contributed by atoms with Crippen LogP contribution in [0.15, 0.2) is 48.6 Å². The van der Waals surface area contributed by atoms with E-state index in [9.17, 15) is 19.4 Å². The second kappa shape index (κ2) is 37.1. The van der Waals surface area contributed by atoms with Crippen LogP contribution in [0.25, 0.3) is 0 Å². The Kier molecular flexibility index (Phi) is 36.0. The van der Waals surface area contributed by atoms with Crippen LogP contribution in [0.5, 0.6) is 0 Å². The number of aliphatic hydroxyl groups is 1. The van der Waals surface area contributed by atoms with Gasteiger partial charge in [0.1, 0.15) is 13.2 Å². The lowest BCUT2D eigenvalue weighted by Crippen LogP contribution is -2.45. The predicted octanol–water partition coefficient (Wildman–Crippen LogP) is 11.4. The molecule has 0 aromatic rings. The zero-order chi connectivity index (χ0) is 40.0. The summed E-state index contributed by atoms with van der Waals surface area (Å²) >= 11 is 0. The Morgan fingerprint density at radius 3 is 1.52 bits per heavy atom. The van der Waals surface area contributed by atoms with Crippen molar-refractivity contribution in [2.75, 3.05) is 40.9 Å². The van der Waals surface area contributed by atoms with Crippen molar-refractivity contribution in [1.29, 1.82) is 0 Å². The summed E-state index contributed by atoms with van der Waals surface area (Å²) in [6.07, 6.45) is 45.8. The number of unbranched alkanes of at least 4 members (excludes halogenated alkanes) is 20. The van der Waals surface area contributed by atoms with E-state index in [2.05, 4.69) is 55.6 Å². The second-order valence-electron chi connectivity index (χ2n) is 16.0. The van der Waals surface area contributed by atoms with Crippen molar-refractivity contribution in [1.82, 2.24) is 5.32 Å². The van der Waals surface area contributed by atoms with Gasteiger partial charge in [-0.05, 0) is 70.6 Å². The summed E-state index contributed by atoms with van der Waals surface area (Å²) in [4.78, 5) is 25.3. The minimum Gasteiger partial charge on any atom is -0.756 e. The average Bonchev–Trinajstić information content (AvgIpc) is 3.12. The van der Waals surface area contributed by atoms with Gasteiger partial charge in [0, 0.05) is 6.42 Å². The molecule has 1 amide bonds. The Morgan fingerprint density at radius 2 is 1.04 bits per heavy atom. The van der Waals surface area contributed by atoms with Crippen molar-refractivity contribution in [3.63, 3.8) is 0 Å². The number of nitrogens with zero attached hydrogens (tertiary/aromatic N) is 1. The summed E-state index contributed by atoms with van der Waals surface area (Å²) in [5.41, 5.74) is 0. The molecule has 3 atom stereocenters. The molecule has 0 aliphatic rings. The number of rotatable bonds is 39. The fourth-order valence-electron chi connectivity index (χ4n) is 5.94. The van der Waals surface area contributed by atoms with Crippen LogP contribution in [0.2, 0.25) is 0 Å². The Bertz CT molecular complexity index is 1020. The highest BCUT2D eigenvalue weighted by atomic mass is 31.2. The molecular weight excluding hydrogens is 695 g/mol. The van der Waals surface area contributed by atoms with Gasteiger partial charge >= 0.3 is 0 Å². The first-order valence-corrected chi connectivity index (χ1v) is 23.5. The maximum atomic E-state index is 12.8. The van der Waals surface area contributed by atoms with E-state index >= 15 is 0 Å². The standard InChI is InChI=1S/C45H85N2O6P/c1-6-8-10-12-14-16-18-20-22-23-24-25-27-29-31-33-35-37-39-45(49)46-43(42-53-54(50,51)52-41-40-47(3,4)5)44(48)38-36-34-32-30-28-26-21-19-17-15-13-11-9-7-2/h17,19,22-23,28,30,36,38,43-44,48H,6-16,18,20-21,24-27,29,31-35,37,39-42H2,1-5H3,(H-,46,49,50,51)/b19-17+,23-22-,30-28+,38-36+. The van der Waals surface area contributed by atoms with E-state index in [1.807, 2.05) is 27.2 Å². The number of aliphatic hydroxyl groups excluding tert-OH is 1. The van der Waals surface area contributed by atoms with Gasteiger partial charge in [-0.15, -0.1) is 0 Å². The summed E-state index contributed by atoms with van der Waals surface area (Å²) in [6, 6.07) is -0.910. The Morgan fingerprint density at radius 1 is 0.630 bits per heavy atom. The SMILES string of the molecule is CCCCCC/C=C/CC/C=C/CC/C=C/C(O)C(COP(=O)([O-])OCC[N+](C)(C)C)NC(=O)CCCCCCCCC/C=C\CCCCCCCCC. The molecule has 0 aromatic carbocycles. The molecule has 9 heteroatoms. The van der Waals surface area contributed by atoms with Crippen LogP contribution in [-0.4, -0.2) is 68.5 Å². The van der Waals surface area contributed by atoms with Crippen LogP contribution in [0.3, 0.4) is 0 Å². The molecule has 0 fully saturated rings. The quantitative estimate of drug-likeness (QED) is 0.0278. The van der Waals surface area contributed by atoms with Crippen LogP contribution >= 0.6 is 7.82 Å². The molecule has 0 rings (SSSR count). The van der Waals surface area contributed by atoms with E-state index in [0.29, 0.717) is 17.4 Å². The Hall–Kier alpha value is -1.54. The van der Waals surface area contributed by atoms with Crippen LogP contribution in [0, 0.1) is 0 Å². The largest absolute Gasteiger partial charge is 0.756 e. The van der Waals surface area contributed by atoms with Gasteiger partial charge in [0.05, 0.1) is 39.9 Å². The fraction of sp³-hybridized carbons (Fsp3) is 0.800. The zero-order valence-corrected chi connectivity index (χ0v) is 36.6. The topological polar surface area (TPSA) is 108 Å². The molecule has 3 unspecified atom stereocenters.